The van der Waals surface area contributed by atoms with Gasteiger partial charge in [-0.15, -0.1) is 0 Å². The van der Waals surface area contributed by atoms with Gasteiger partial charge in [-0.25, -0.2) is 0 Å². The van der Waals surface area contributed by atoms with Crippen molar-refractivity contribution in [2.24, 2.45) is 5.10 Å². The third kappa shape index (κ3) is 2.10. The third-order valence-electron chi connectivity index (χ3n) is 2.45. The van der Waals surface area contributed by atoms with E-state index in [2.05, 4.69) is 5.10 Å². The van der Waals surface area contributed by atoms with Gasteiger partial charge < -0.3 is 5.11 Å². The lowest BCUT2D eigenvalue weighted by Crippen LogP contribution is -2.52. The smallest absolute Gasteiger partial charge is 0.362 e. The second kappa shape index (κ2) is 3.89. The Morgan fingerprint density at radius 2 is 2.00 bits per heavy atom. The van der Waals surface area contributed by atoms with Crippen molar-refractivity contribution in [2.75, 3.05) is 0 Å². The Hall–Kier alpha value is -1.27. The Balaban J connectivity index is 2.27. The van der Waals surface area contributed by atoms with Crippen LogP contribution in [0.2, 0.25) is 5.02 Å². The highest BCUT2D eigenvalue weighted by Crippen LogP contribution is 2.35. The van der Waals surface area contributed by atoms with Crippen molar-refractivity contribution >= 4 is 17.3 Å². The van der Waals surface area contributed by atoms with E-state index in [1.165, 1.54) is 0 Å². The summed E-state index contributed by atoms with van der Waals surface area (Å²) in [4.78, 5) is 0. The third-order valence-corrected chi connectivity index (χ3v) is 2.78. The van der Waals surface area contributed by atoms with Gasteiger partial charge in [-0.05, 0) is 6.07 Å². The zero-order valence-electron chi connectivity index (χ0n) is 8.42. The van der Waals surface area contributed by atoms with Gasteiger partial charge in [0, 0.05) is 10.6 Å². The van der Waals surface area contributed by atoms with Crippen LogP contribution in [-0.4, -0.2) is 22.7 Å². The molecule has 0 fully saturated rings. The maximum atomic E-state index is 12.5. The van der Waals surface area contributed by atoms with Gasteiger partial charge in [0.15, 0.2) is 0 Å². The highest BCUT2D eigenvalue weighted by atomic mass is 35.5. The Morgan fingerprint density at radius 1 is 1.35 bits per heavy atom. The lowest BCUT2D eigenvalue weighted by atomic mass is 10.0. The number of halogens is 4. The van der Waals surface area contributed by atoms with Crippen LogP contribution in [0.3, 0.4) is 0 Å². The first kappa shape index (κ1) is 12.2. The summed E-state index contributed by atoms with van der Waals surface area (Å²) in [5.41, 5.74) is -0.848. The number of alkyl halides is 3. The number of benzene rings is 1. The molecule has 0 aliphatic carbocycles. The molecule has 0 spiro atoms. The van der Waals surface area contributed by atoms with Gasteiger partial charge in [0.25, 0.3) is 5.72 Å². The Morgan fingerprint density at radius 3 is 2.53 bits per heavy atom. The number of hydrogen-bond acceptors (Lipinski definition) is 3. The van der Waals surface area contributed by atoms with E-state index < -0.39 is 18.3 Å². The summed E-state index contributed by atoms with van der Waals surface area (Å²) in [6.07, 6.45) is -5.46. The van der Waals surface area contributed by atoms with E-state index in [-0.39, 0.29) is 5.71 Å². The Kier molecular flexibility index (Phi) is 2.79. The standard InChI is InChI=1S/C10H8ClF3N2O/c11-7-4-2-1-3-6(7)8-5-9(17,16-15-8)10(12,13)14/h1-4,16-17H,5H2. The van der Waals surface area contributed by atoms with Gasteiger partial charge in [-0.2, -0.15) is 18.3 Å². The topological polar surface area (TPSA) is 44.6 Å². The van der Waals surface area contributed by atoms with Crippen molar-refractivity contribution < 1.29 is 18.3 Å². The molecule has 1 heterocycles. The number of hydrogen-bond donors (Lipinski definition) is 2. The molecule has 1 atom stereocenters. The molecule has 1 aromatic rings. The second-order valence-electron chi connectivity index (χ2n) is 3.68. The van der Waals surface area contributed by atoms with Crippen molar-refractivity contribution in [3.05, 3.63) is 34.9 Å². The van der Waals surface area contributed by atoms with Crippen LogP contribution < -0.4 is 5.43 Å². The van der Waals surface area contributed by atoms with Gasteiger partial charge in [0.2, 0.25) is 0 Å². The molecule has 7 heteroatoms. The molecule has 0 radical (unpaired) electrons. The van der Waals surface area contributed by atoms with Crippen LogP contribution in [0, 0.1) is 0 Å². The summed E-state index contributed by atoms with van der Waals surface area (Å²) in [6, 6.07) is 6.38. The van der Waals surface area contributed by atoms with Gasteiger partial charge in [0.1, 0.15) is 0 Å². The van der Waals surface area contributed by atoms with E-state index in [0.29, 0.717) is 10.6 Å². The molecule has 0 aromatic heterocycles. The van der Waals surface area contributed by atoms with Crippen molar-refractivity contribution in [3.63, 3.8) is 0 Å². The molecular formula is C10H8ClF3N2O. The van der Waals surface area contributed by atoms with E-state index in [9.17, 15) is 18.3 Å². The van der Waals surface area contributed by atoms with Crippen molar-refractivity contribution in [1.29, 1.82) is 0 Å². The van der Waals surface area contributed by atoms with Gasteiger partial charge in [0.05, 0.1) is 12.1 Å². The number of aliphatic hydroxyl groups is 1. The molecule has 3 nitrogen and oxygen atoms in total. The first-order chi connectivity index (χ1) is 7.83. The molecule has 0 saturated carbocycles. The fraction of sp³-hybridized carbons (Fsp3) is 0.300. The number of nitrogens with one attached hydrogen (secondary N) is 1. The van der Waals surface area contributed by atoms with E-state index in [1.807, 2.05) is 0 Å². The lowest BCUT2D eigenvalue weighted by molar-refractivity contribution is -0.266. The number of rotatable bonds is 1. The highest BCUT2D eigenvalue weighted by Gasteiger charge is 2.57. The Bertz CT molecular complexity index is 475. The van der Waals surface area contributed by atoms with Crippen LogP contribution in [0.25, 0.3) is 0 Å². The normalized spacial score (nSPS) is 24.4. The minimum Gasteiger partial charge on any atom is -0.362 e. The van der Waals surface area contributed by atoms with E-state index in [4.69, 9.17) is 11.6 Å². The second-order valence-corrected chi connectivity index (χ2v) is 4.09. The van der Waals surface area contributed by atoms with Crippen LogP contribution in [0.5, 0.6) is 0 Å². The summed E-state index contributed by atoms with van der Waals surface area (Å²) in [7, 11) is 0. The molecule has 0 amide bonds. The average Bonchev–Trinajstić information content (AvgIpc) is 2.62. The lowest BCUT2D eigenvalue weighted by Gasteiger charge is -2.24. The molecule has 92 valence electrons. The fourth-order valence-electron chi connectivity index (χ4n) is 1.50. The molecule has 1 aliphatic heterocycles. The summed E-state index contributed by atoms with van der Waals surface area (Å²) < 4.78 is 37.5. The number of nitrogens with zero attached hydrogens (tertiary/aromatic N) is 1. The largest absolute Gasteiger partial charge is 0.438 e. The van der Waals surface area contributed by atoms with E-state index >= 15 is 0 Å². The predicted octanol–water partition coefficient (Wildman–Crippen LogP) is 2.29. The van der Waals surface area contributed by atoms with Crippen LogP contribution >= 0.6 is 11.6 Å². The van der Waals surface area contributed by atoms with Gasteiger partial charge >= 0.3 is 6.18 Å². The first-order valence-corrected chi connectivity index (χ1v) is 5.09. The maximum Gasteiger partial charge on any atom is 0.438 e. The van der Waals surface area contributed by atoms with Gasteiger partial charge in [-0.1, -0.05) is 29.8 Å². The first-order valence-electron chi connectivity index (χ1n) is 4.71. The van der Waals surface area contributed by atoms with Crippen LogP contribution in [0.1, 0.15) is 12.0 Å². The van der Waals surface area contributed by atoms with Gasteiger partial charge in [-0.3, -0.25) is 5.43 Å². The van der Waals surface area contributed by atoms with Crippen LogP contribution in [0.4, 0.5) is 13.2 Å². The maximum absolute atomic E-state index is 12.5. The molecule has 1 aromatic carbocycles. The summed E-state index contributed by atoms with van der Waals surface area (Å²) >= 11 is 5.84. The molecule has 1 aliphatic rings. The Labute approximate surface area is 99.9 Å². The number of hydrazone groups is 1. The summed E-state index contributed by atoms with van der Waals surface area (Å²) in [6.45, 7) is 0. The zero-order valence-corrected chi connectivity index (χ0v) is 9.18. The van der Waals surface area contributed by atoms with E-state index in [0.717, 1.165) is 0 Å². The minimum atomic E-state index is -4.79. The molecule has 0 bridgehead atoms. The van der Waals surface area contributed by atoms with Crippen molar-refractivity contribution in [1.82, 2.24) is 5.43 Å². The van der Waals surface area contributed by atoms with Crippen LogP contribution in [0.15, 0.2) is 29.4 Å². The van der Waals surface area contributed by atoms with Crippen LogP contribution in [-0.2, 0) is 0 Å². The van der Waals surface area contributed by atoms with E-state index in [1.54, 1.807) is 29.7 Å². The molecule has 1 unspecified atom stereocenters. The highest BCUT2D eigenvalue weighted by molar-refractivity contribution is 6.34. The monoisotopic (exact) mass is 264 g/mol. The minimum absolute atomic E-state index is 0.0791. The summed E-state index contributed by atoms with van der Waals surface area (Å²) in [5, 5.41) is 13.1. The van der Waals surface area contributed by atoms with Crippen molar-refractivity contribution in [3.8, 4) is 0 Å². The quantitative estimate of drug-likeness (QED) is 0.817. The molecule has 2 rings (SSSR count). The molecule has 17 heavy (non-hydrogen) atoms. The molecule has 2 N–H and O–H groups in total. The SMILES string of the molecule is OC1(C(F)(F)F)CC(c2ccccc2Cl)=NN1. The average molecular weight is 265 g/mol. The predicted molar refractivity (Wildman–Crippen MR) is 56.7 cm³/mol. The van der Waals surface area contributed by atoms with Crippen molar-refractivity contribution in [2.45, 2.75) is 18.3 Å². The zero-order chi connectivity index (χ0) is 12.7. The fourth-order valence-corrected chi connectivity index (χ4v) is 1.74. The molecule has 0 saturated heterocycles. The molecular weight excluding hydrogens is 257 g/mol. The summed E-state index contributed by atoms with van der Waals surface area (Å²) in [5.74, 6) is 0.